The van der Waals surface area contributed by atoms with Crippen molar-refractivity contribution in [2.45, 2.75) is 13.3 Å². The third-order valence-corrected chi connectivity index (χ3v) is 4.30. The lowest BCUT2D eigenvalue weighted by atomic mass is 10.1. The number of nitrogens with two attached hydrogens (primary N) is 1. The number of hydrogen-bond donors (Lipinski definition) is 1. The van der Waals surface area contributed by atoms with E-state index in [0.29, 0.717) is 0 Å². The summed E-state index contributed by atoms with van der Waals surface area (Å²) in [6.45, 7) is 2.07. The second-order valence-electron chi connectivity index (χ2n) is 5.91. The van der Waals surface area contributed by atoms with Crippen LogP contribution in [0.5, 0.6) is 11.5 Å². The van der Waals surface area contributed by atoms with Gasteiger partial charge in [-0.3, -0.25) is 4.99 Å². The van der Waals surface area contributed by atoms with Gasteiger partial charge in [-0.25, -0.2) is 0 Å². The predicted molar refractivity (Wildman–Crippen MR) is 98.9 cm³/mol. The summed E-state index contributed by atoms with van der Waals surface area (Å²) in [5.74, 6) is 8.98. The van der Waals surface area contributed by atoms with Crippen molar-refractivity contribution in [1.82, 2.24) is 0 Å². The maximum absolute atomic E-state index is 6.61. The zero-order chi connectivity index (χ0) is 17.3. The monoisotopic (exact) mass is 331 g/mol. The van der Waals surface area contributed by atoms with Gasteiger partial charge in [-0.2, -0.15) is 10.8 Å². The molecule has 0 saturated carbocycles. The first-order valence-electron chi connectivity index (χ1n) is 8.25. The molecule has 25 heavy (non-hydrogen) atoms. The van der Waals surface area contributed by atoms with Gasteiger partial charge < -0.3 is 4.74 Å². The molecule has 0 radical (unpaired) electrons. The molecule has 124 valence electrons. The normalized spacial score (nSPS) is 21.3. The molecule has 2 aliphatic heterocycles. The van der Waals surface area contributed by atoms with Crippen molar-refractivity contribution < 1.29 is 9.33 Å². The standard InChI is InChI=1S/C20H19N4O/c1-2-18-19-14-22-12-13-24(19,21)20(23-18)15-8-10-17(11-9-15)25-16-6-4-3-5-7-16/h3-14H,2,21H2,1H3/q+1. The minimum absolute atomic E-state index is 0.0611. The Labute approximate surface area is 146 Å². The molecule has 0 spiro atoms. The van der Waals surface area contributed by atoms with Gasteiger partial charge in [0.15, 0.2) is 0 Å². The summed E-state index contributed by atoms with van der Waals surface area (Å²) in [4.78, 5) is 8.97. The van der Waals surface area contributed by atoms with E-state index in [1.54, 1.807) is 12.4 Å². The molecule has 2 N–H and O–H groups in total. The molecular formula is C20H19N4O+. The molecule has 0 bridgehead atoms. The molecule has 2 aromatic carbocycles. The summed E-state index contributed by atoms with van der Waals surface area (Å²) in [7, 11) is 0. The number of allylic oxidation sites excluding steroid dienone is 2. The van der Waals surface area contributed by atoms with E-state index in [9.17, 15) is 0 Å². The number of aliphatic imine (C=N–C) groups is 2. The van der Waals surface area contributed by atoms with Crippen LogP contribution in [0.2, 0.25) is 0 Å². The molecule has 0 aliphatic carbocycles. The number of fused-ring (bicyclic) bond motifs is 1. The molecule has 0 saturated heterocycles. The Morgan fingerprint density at radius 1 is 1.00 bits per heavy atom. The highest BCUT2D eigenvalue weighted by atomic mass is 16.5. The fraction of sp³-hybridized carbons (Fsp3) is 0.100. The summed E-state index contributed by atoms with van der Waals surface area (Å²) in [6.07, 6.45) is 6.17. The van der Waals surface area contributed by atoms with Crippen molar-refractivity contribution in [3.8, 4) is 11.5 Å². The molecule has 1 atom stereocenters. The minimum Gasteiger partial charge on any atom is -0.457 e. The average molecular weight is 331 g/mol. The first kappa shape index (κ1) is 15.5. The van der Waals surface area contributed by atoms with Crippen molar-refractivity contribution in [2.75, 3.05) is 0 Å². The van der Waals surface area contributed by atoms with Crippen LogP contribution in [-0.4, -0.2) is 16.6 Å². The fourth-order valence-corrected chi connectivity index (χ4v) is 3.01. The molecule has 2 aliphatic rings. The van der Waals surface area contributed by atoms with Crippen LogP contribution in [0.25, 0.3) is 0 Å². The first-order chi connectivity index (χ1) is 12.2. The Morgan fingerprint density at radius 3 is 2.44 bits per heavy atom. The maximum atomic E-state index is 6.61. The van der Waals surface area contributed by atoms with Gasteiger partial charge in [0, 0.05) is 0 Å². The smallest absolute Gasteiger partial charge is 0.264 e. The van der Waals surface area contributed by atoms with Crippen LogP contribution < -0.4 is 10.6 Å². The molecule has 4 rings (SSSR count). The van der Waals surface area contributed by atoms with E-state index in [2.05, 4.69) is 11.9 Å². The van der Waals surface area contributed by atoms with Gasteiger partial charge in [-0.15, -0.1) is 4.59 Å². The van der Waals surface area contributed by atoms with Crippen molar-refractivity contribution in [1.29, 1.82) is 0 Å². The summed E-state index contributed by atoms with van der Waals surface area (Å²) < 4.78 is 5.91. The molecule has 1 unspecified atom stereocenters. The fourth-order valence-electron chi connectivity index (χ4n) is 3.01. The second-order valence-corrected chi connectivity index (χ2v) is 5.91. The van der Waals surface area contributed by atoms with E-state index < -0.39 is 0 Å². The molecular weight excluding hydrogens is 312 g/mol. The summed E-state index contributed by atoms with van der Waals surface area (Å²) >= 11 is 0. The number of hydrogen-bond acceptors (Lipinski definition) is 4. The van der Waals surface area contributed by atoms with Crippen molar-refractivity contribution in [3.05, 3.63) is 84.0 Å². The van der Waals surface area contributed by atoms with Crippen LogP contribution in [0, 0.1) is 0 Å². The van der Waals surface area contributed by atoms with E-state index in [-0.39, 0.29) is 4.59 Å². The van der Waals surface area contributed by atoms with Crippen LogP contribution >= 0.6 is 0 Å². The van der Waals surface area contributed by atoms with E-state index in [1.807, 2.05) is 60.8 Å². The van der Waals surface area contributed by atoms with Crippen LogP contribution in [0.3, 0.4) is 0 Å². The molecule has 5 nitrogen and oxygen atoms in total. The van der Waals surface area contributed by atoms with Gasteiger partial charge in [-0.05, 0) is 42.8 Å². The molecule has 2 heterocycles. The van der Waals surface area contributed by atoms with E-state index in [1.165, 1.54) is 0 Å². The number of ether oxygens (including phenoxy) is 1. The van der Waals surface area contributed by atoms with Crippen molar-refractivity contribution >= 4 is 12.1 Å². The molecule has 0 aromatic heterocycles. The van der Waals surface area contributed by atoms with Gasteiger partial charge in [0.1, 0.15) is 23.4 Å². The number of para-hydroxylation sites is 1. The zero-order valence-electron chi connectivity index (χ0n) is 14.0. The van der Waals surface area contributed by atoms with E-state index >= 15 is 0 Å². The largest absolute Gasteiger partial charge is 0.457 e. The average Bonchev–Trinajstić information content (AvgIpc) is 2.96. The summed E-state index contributed by atoms with van der Waals surface area (Å²) in [5, 5.41) is 0. The Balaban J connectivity index is 1.63. The number of nitrogens with zero attached hydrogens (tertiary/aromatic N) is 3. The van der Waals surface area contributed by atoms with Crippen molar-refractivity contribution in [2.24, 2.45) is 15.8 Å². The highest BCUT2D eigenvalue weighted by Crippen LogP contribution is 2.32. The maximum Gasteiger partial charge on any atom is 0.264 e. The Kier molecular flexibility index (Phi) is 3.80. The molecule has 0 fully saturated rings. The van der Waals surface area contributed by atoms with Gasteiger partial charge in [0.05, 0.1) is 18.0 Å². The van der Waals surface area contributed by atoms with Gasteiger partial charge in [-0.1, -0.05) is 25.1 Å². The predicted octanol–water partition coefficient (Wildman–Crippen LogP) is 4.11. The topological polar surface area (TPSA) is 60.0 Å². The Hall–Kier alpha value is -3.02. The zero-order valence-corrected chi connectivity index (χ0v) is 14.0. The number of benzene rings is 2. The quantitative estimate of drug-likeness (QED) is 0.677. The van der Waals surface area contributed by atoms with Gasteiger partial charge in [0.25, 0.3) is 5.84 Å². The van der Waals surface area contributed by atoms with Crippen LogP contribution in [-0.2, 0) is 0 Å². The minimum atomic E-state index is 0.0611. The highest BCUT2D eigenvalue weighted by molar-refractivity contribution is 6.00. The second kappa shape index (κ2) is 6.12. The molecule has 2 aromatic rings. The first-order valence-corrected chi connectivity index (χ1v) is 8.25. The highest BCUT2D eigenvalue weighted by Gasteiger charge is 2.43. The van der Waals surface area contributed by atoms with Gasteiger partial charge in [0.2, 0.25) is 5.70 Å². The SMILES string of the molecule is CCC1=C2C=NC=C[N+]2(N)C(c2ccc(Oc3ccccc3)cc2)=N1. The van der Waals surface area contributed by atoms with Crippen LogP contribution in [0.15, 0.2) is 88.4 Å². The summed E-state index contributed by atoms with van der Waals surface area (Å²) in [5.41, 5.74) is 2.85. The van der Waals surface area contributed by atoms with Crippen LogP contribution in [0.1, 0.15) is 18.9 Å². The van der Waals surface area contributed by atoms with Gasteiger partial charge >= 0.3 is 0 Å². The third-order valence-electron chi connectivity index (χ3n) is 4.30. The van der Waals surface area contributed by atoms with Crippen molar-refractivity contribution in [3.63, 3.8) is 0 Å². The number of quaternary nitrogens is 1. The number of rotatable bonds is 4. The summed E-state index contributed by atoms with van der Waals surface area (Å²) in [6, 6.07) is 17.5. The lowest BCUT2D eigenvalue weighted by Gasteiger charge is -2.26. The number of amidine groups is 1. The Morgan fingerprint density at radius 2 is 1.72 bits per heavy atom. The van der Waals surface area contributed by atoms with E-state index in [4.69, 9.17) is 15.6 Å². The lowest BCUT2D eigenvalue weighted by Crippen LogP contribution is -2.53. The third kappa shape index (κ3) is 2.69. The molecule has 5 heteroatoms. The lowest BCUT2D eigenvalue weighted by molar-refractivity contribution is -0.750. The van der Waals surface area contributed by atoms with Crippen LogP contribution in [0.4, 0.5) is 0 Å². The molecule has 0 amide bonds. The Bertz CT molecular complexity index is 910. The van der Waals surface area contributed by atoms with E-state index in [0.717, 1.165) is 40.7 Å².